The van der Waals surface area contributed by atoms with Crippen LogP contribution in [0.5, 0.6) is 17.2 Å². The Balaban J connectivity index is 1.86. The lowest BCUT2D eigenvalue weighted by atomic mass is 10.1. The molecule has 0 fully saturated rings. The molecule has 6 nitrogen and oxygen atoms in total. The molecule has 0 radical (unpaired) electrons. The monoisotopic (exact) mass is 422 g/mol. The Morgan fingerprint density at radius 3 is 2.12 bits per heavy atom. The summed E-state index contributed by atoms with van der Waals surface area (Å²) in [6, 6.07) is 11.4. The number of halogens is 1. The first kappa shape index (κ1) is 20.1. The summed E-state index contributed by atoms with van der Waals surface area (Å²) in [4.78, 5) is 12.4. The third-order valence-corrected chi connectivity index (χ3v) is 4.29. The summed E-state index contributed by atoms with van der Waals surface area (Å²) in [6.07, 6.45) is 0. The number of nitrogens with one attached hydrogen (secondary N) is 2. The highest BCUT2D eigenvalue weighted by atomic mass is 79.9. The van der Waals surface area contributed by atoms with Crippen LogP contribution in [0.1, 0.15) is 15.9 Å². The molecule has 0 atom stereocenters. The standard InChI is InChI=1S/C19H23BrN2O4/c1-24-16-10-14(11-17(25-2)18(16)26-3)19(23)22-9-8-21-12-13-4-6-15(20)7-5-13/h4-7,10-11,21H,8-9,12H2,1-3H3,(H,22,23). The minimum Gasteiger partial charge on any atom is -0.493 e. The van der Waals surface area contributed by atoms with Crippen LogP contribution in [-0.4, -0.2) is 40.3 Å². The fourth-order valence-corrected chi connectivity index (χ4v) is 2.68. The van der Waals surface area contributed by atoms with E-state index in [9.17, 15) is 4.79 Å². The maximum atomic E-state index is 12.4. The van der Waals surface area contributed by atoms with E-state index in [1.807, 2.05) is 24.3 Å². The number of carbonyl (C=O) groups is 1. The Kier molecular flexibility index (Phi) is 7.74. The zero-order valence-corrected chi connectivity index (χ0v) is 16.7. The first-order valence-electron chi connectivity index (χ1n) is 8.12. The highest BCUT2D eigenvalue weighted by molar-refractivity contribution is 9.10. The lowest BCUT2D eigenvalue weighted by molar-refractivity contribution is 0.0953. The van der Waals surface area contributed by atoms with E-state index in [0.29, 0.717) is 35.9 Å². The summed E-state index contributed by atoms with van der Waals surface area (Å²) in [5.41, 5.74) is 1.64. The average Bonchev–Trinajstić information content (AvgIpc) is 2.67. The van der Waals surface area contributed by atoms with Gasteiger partial charge in [-0.1, -0.05) is 28.1 Å². The second kappa shape index (κ2) is 10.0. The predicted octanol–water partition coefficient (Wildman–Crippen LogP) is 2.99. The van der Waals surface area contributed by atoms with Crippen molar-refractivity contribution < 1.29 is 19.0 Å². The molecule has 0 aliphatic rings. The molecule has 0 spiro atoms. The van der Waals surface area contributed by atoms with Crippen LogP contribution in [0, 0.1) is 0 Å². The molecule has 0 bridgehead atoms. The van der Waals surface area contributed by atoms with E-state index in [2.05, 4.69) is 26.6 Å². The largest absolute Gasteiger partial charge is 0.493 e. The number of methoxy groups -OCH3 is 3. The van der Waals surface area contributed by atoms with Gasteiger partial charge in [-0.15, -0.1) is 0 Å². The van der Waals surface area contributed by atoms with Crippen LogP contribution in [0.2, 0.25) is 0 Å². The molecular weight excluding hydrogens is 400 g/mol. The Bertz CT molecular complexity index is 710. The Labute approximate surface area is 162 Å². The van der Waals surface area contributed by atoms with Crippen LogP contribution in [0.4, 0.5) is 0 Å². The number of hydrogen-bond acceptors (Lipinski definition) is 5. The molecule has 0 aromatic heterocycles. The molecule has 0 saturated carbocycles. The van der Waals surface area contributed by atoms with Gasteiger partial charge in [0, 0.05) is 29.7 Å². The maximum absolute atomic E-state index is 12.4. The van der Waals surface area contributed by atoms with E-state index in [-0.39, 0.29) is 5.91 Å². The molecule has 140 valence electrons. The number of hydrogen-bond donors (Lipinski definition) is 2. The van der Waals surface area contributed by atoms with Crippen LogP contribution in [0.25, 0.3) is 0 Å². The summed E-state index contributed by atoms with van der Waals surface area (Å²) in [5.74, 6) is 1.16. The third kappa shape index (κ3) is 5.37. The molecule has 7 heteroatoms. The van der Waals surface area contributed by atoms with Gasteiger partial charge in [-0.3, -0.25) is 4.79 Å². The Morgan fingerprint density at radius 2 is 1.58 bits per heavy atom. The minimum atomic E-state index is -0.199. The van der Waals surface area contributed by atoms with Crippen LogP contribution >= 0.6 is 15.9 Å². The lowest BCUT2D eigenvalue weighted by Crippen LogP contribution is -2.31. The van der Waals surface area contributed by atoms with Crippen molar-refractivity contribution in [1.29, 1.82) is 0 Å². The molecule has 2 N–H and O–H groups in total. The van der Waals surface area contributed by atoms with Crippen molar-refractivity contribution in [2.24, 2.45) is 0 Å². The van der Waals surface area contributed by atoms with E-state index < -0.39 is 0 Å². The summed E-state index contributed by atoms with van der Waals surface area (Å²) < 4.78 is 16.9. The summed E-state index contributed by atoms with van der Waals surface area (Å²) in [6.45, 7) is 1.91. The van der Waals surface area contributed by atoms with Gasteiger partial charge in [0.25, 0.3) is 5.91 Å². The van der Waals surface area contributed by atoms with Crippen molar-refractivity contribution in [1.82, 2.24) is 10.6 Å². The second-order valence-electron chi connectivity index (χ2n) is 5.47. The number of amides is 1. The molecule has 1 amide bonds. The molecule has 2 aromatic carbocycles. The van der Waals surface area contributed by atoms with Crippen LogP contribution in [0.15, 0.2) is 40.9 Å². The SMILES string of the molecule is COc1cc(C(=O)NCCNCc2ccc(Br)cc2)cc(OC)c1OC. The highest BCUT2D eigenvalue weighted by Gasteiger charge is 2.16. The van der Waals surface area contributed by atoms with Gasteiger partial charge in [-0.25, -0.2) is 0 Å². The van der Waals surface area contributed by atoms with Gasteiger partial charge < -0.3 is 24.8 Å². The Morgan fingerprint density at radius 1 is 0.962 bits per heavy atom. The van der Waals surface area contributed by atoms with Gasteiger partial charge in [-0.05, 0) is 29.8 Å². The molecule has 26 heavy (non-hydrogen) atoms. The van der Waals surface area contributed by atoms with Crippen molar-refractivity contribution in [3.05, 3.63) is 52.0 Å². The highest BCUT2D eigenvalue weighted by Crippen LogP contribution is 2.38. The van der Waals surface area contributed by atoms with Crippen molar-refractivity contribution >= 4 is 21.8 Å². The molecule has 0 saturated heterocycles. The van der Waals surface area contributed by atoms with Gasteiger partial charge in [0.2, 0.25) is 5.75 Å². The molecule has 2 aromatic rings. The zero-order valence-electron chi connectivity index (χ0n) is 15.1. The summed E-state index contributed by atoms with van der Waals surface area (Å²) in [7, 11) is 4.56. The predicted molar refractivity (Wildman–Crippen MR) is 104 cm³/mol. The third-order valence-electron chi connectivity index (χ3n) is 3.76. The van der Waals surface area contributed by atoms with Gasteiger partial charge in [0.05, 0.1) is 21.3 Å². The zero-order chi connectivity index (χ0) is 18.9. The van der Waals surface area contributed by atoms with E-state index >= 15 is 0 Å². The minimum absolute atomic E-state index is 0.199. The van der Waals surface area contributed by atoms with Crippen LogP contribution < -0.4 is 24.8 Å². The van der Waals surface area contributed by atoms with E-state index in [4.69, 9.17) is 14.2 Å². The van der Waals surface area contributed by atoms with Crippen LogP contribution in [-0.2, 0) is 6.54 Å². The van der Waals surface area contributed by atoms with Crippen molar-refractivity contribution in [3.8, 4) is 17.2 Å². The van der Waals surface area contributed by atoms with Crippen LogP contribution in [0.3, 0.4) is 0 Å². The molecule has 0 aliphatic heterocycles. The number of ether oxygens (including phenoxy) is 3. The van der Waals surface area contributed by atoms with Crippen molar-refractivity contribution in [2.75, 3.05) is 34.4 Å². The van der Waals surface area contributed by atoms with Gasteiger partial charge >= 0.3 is 0 Å². The quantitative estimate of drug-likeness (QED) is 0.607. The van der Waals surface area contributed by atoms with Crippen molar-refractivity contribution in [3.63, 3.8) is 0 Å². The molecule has 0 aliphatic carbocycles. The average molecular weight is 423 g/mol. The number of rotatable bonds is 9. The molecule has 0 unspecified atom stereocenters. The smallest absolute Gasteiger partial charge is 0.251 e. The Hall–Kier alpha value is -2.25. The lowest BCUT2D eigenvalue weighted by Gasteiger charge is -2.14. The fourth-order valence-electron chi connectivity index (χ4n) is 2.41. The van der Waals surface area contributed by atoms with Gasteiger partial charge in [-0.2, -0.15) is 0 Å². The van der Waals surface area contributed by atoms with Gasteiger partial charge in [0.15, 0.2) is 11.5 Å². The molecule has 2 rings (SSSR count). The van der Waals surface area contributed by atoms with E-state index in [0.717, 1.165) is 11.0 Å². The van der Waals surface area contributed by atoms with E-state index in [1.165, 1.54) is 26.9 Å². The number of carbonyl (C=O) groups excluding carboxylic acids is 1. The molecule has 0 heterocycles. The summed E-state index contributed by atoms with van der Waals surface area (Å²) >= 11 is 3.41. The maximum Gasteiger partial charge on any atom is 0.251 e. The molecular formula is C19H23BrN2O4. The summed E-state index contributed by atoms with van der Waals surface area (Å²) in [5, 5.41) is 6.17. The first-order chi connectivity index (χ1) is 12.6. The second-order valence-corrected chi connectivity index (χ2v) is 6.39. The fraction of sp³-hybridized carbons (Fsp3) is 0.316. The number of benzene rings is 2. The normalized spacial score (nSPS) is 10.3. The van der Waals surface area contributed by atoms with E-state index in [1.54, 1.807) is 12.1 Å². The van der Waals surface area contributed by atoms with Gasteiger partial charge in [0.1, 0.15) is 0 Å². The van der Waals surface area contributed by atoms with Crippen molar-refractivity contribution in [2.45, 2.75) is 6.54 Å². The topological polar surface area (TPSA) is 68.8 Å². The first-order valence-corrected chi connectivity index (χ1v) is 8.91.